The summed E-state index contributed by atoms with van der Waals surface area (Å²) in [6.45, 7) is 0.138. The van der Waals surface area contributed by atoms with Crippen molar-refractivity contribution >= 4 is 11.5 Å². The third-order valence-corrected chi connectivity index (χ3v) is 4.02. The van der Waals surface area contributed by atoms with Gasteiger partial charge in [-0.25, -0.2) is 4.98 Å². The second-order valence-corrected chi connectivity index (χ2v) is 6.01. The molecule has 7 nitrogen and oxygen atoms in total. The number of nitrogens with two attached hydrogens (primary N) is 1. The van der Waals surface area contributed by atoms with Crippen LogP contribution in [0.2, 0.25) is 0 Å². The van der Waals surface area contributed by atoms with E-state index in [1.165, 1.54) is 18.3 Å². The molecule has 29 heavy (non-hydrogen) atoms. The fraction of sp³-hybridized carbons (Fsp3) is 0.105. The summed E-state index contributed by atoms with van der Waals surface area (Å²) in [4.78, 5) is 4.11. The molecule has 0 unspecified atom stereocenters. The van der Waals surface area contributed by atoms with Gasteiger partial charge in [0, 0.05) is 18.5 Å². The lowest BCUT2D eigenvalue weighted by Crippen LogP contribution is -2.17. The van der Waals surface area contributed by atoms with Crippen molar-refractivity contribution < 1.29 is 22.6 Å². The van der Waals surface area contributed by atoms with E-state index in [4.69, 9.17) is 10.5 Å². The van der Waals surface area contributed by atoms with Crippen molar-refractivity contribution in [1.29, 1.82) is 0 Å². The van der Waals surface area contributed by atoms with Crippen LogP contribution in [-0.4, -0.2) is 25.9 Å². The number of anilines is 1. The van der Waals surface area contributed by atoms with Gasteiger partial charge in [-0.3, -0.25) is 4.40 Å². The average Bonchev–Trinajstić information content (AvgIpc) is 3.18. The maximum Gasteiger partial charge on any atom is 0.573 e. The Morgan fingerprint density at radius 1 is 1.03 bits per heavy atom. The highest BCUT2D eigenvalue weighted by Crippen LogP contribution is 2.35. The maximum atomic E-state index is 12.6. The molecule has 0 aliphatic rings. The highest BCUT2D eigenvalue weighted by molar-refractivity contribution is 5.70. The molecule has 0 radical (unpaired) electrons. The molecule has 0 aliphatic carbocycles. The number of hydrogen-bond donors (Lipinski definition) is 1. The van der Waals surface area contributed by atoms with Crippen LogP contribution in [0.4, 0.5) is 19.0 Å². The Hall–Kier alpha value is -3.82. The maximum absolute atomic E-state index is 12.6. The van der Waals surface area contributed by atoms with Gasteiger partial charge in [0.2, 0.25) is 0 Å². The van der Waals surface area contributed by atoms with Crippen molar-refractivity contribution in [2.75, 3.05) is 5.73 Å². The lowest BCUT2D eigenvalue weighted by molar-refractivity contribution is -0.274. The van der Waals surface area contributed by atoms with E-state index >= 15 is 0 Å². The molecule has 0 bridgehead atoms. The molecule has 10 heteroatoms. The van der Waals surface area contributed by atoms with Crippen molar-refractivity contribution in [3.05, 3.63) is 66.5 Å². The fourth-order valence-corrected chi connectivity index (χ4v) is 2.78. The number of hydrogen-bond acceptors (Lipinski definition) is 6. The molecule has 2 heterocycles. The van der Waals surface area contributed by atoms with E-state index in [9.17, 15) is 13.2 Å². The van der Waals surface area contributed by atoms with Crippen LogP contribution in [-0.2, 0) is 6.61 Å². The lowest BCUT2D eigenvalue weighted by Gasteiger charge is -2.15. The van der Waals surface area contributed by atoms with Gasteiger partial charge in [-0.2, -0.15) is 0 Å². The number of aromatic nitrogens is 4. The summed E-state index contributed by atoms with van der Waals surface area (Å²) in [6, 6.07) is 13.0. The quantitative estimate of drug-likeness (QED) is 0.547. The van der Waals surface area contributed by atoms with Gasteiger partial charge in [-0.1, -0.05) is 30.3 Å². The van der Waals surface area contributed by atoms with Gasteiger partial charge in [-0.15, -0.1) is 23.4 Å². The molecule has 0 atom stereocenters. The normalized spacial score (nSPS) is 11.6. The summed E-state index contributed by atoms with van der Waals surface area (Å²) in [7, 11) is 0. The number of alkyl halides is 3. The zero-order valence-electron chi connectivity index (χ0n) is 14.8. The van der Waals surface area contributed by atoms with E-state index in [0.717, 1.165) is 11.6 Å². The predicted molar refractivity (Wildman–Crippen MR) is 98.1 cm³/mol. The Labute approximate surface area is 162 Å². The smallest absolute Gasteiger partial charge is 0.488 e. The fourth-order valence-electron chi connectivity index (χ4n) is 2.78. The van der Waals surface area contributed by atoms with Gasteiger partial charge in [-0.05, 0) is 17.7 Å². The molecule has 0 spiro atoms. The first-order valence-corrected chi connectivity index (χ1v) is 8.43. The molecule has 4 rings (SSSR count). The van der Waals surface area contributed by atoms with Gasteiger partial charge >= 0.3 is 6.36 Å². The number of fused-ring (bicyclic) bond motifs is 1. The van der Waals surface area contributed by atoms with E-state index in [1.54, 1.807) is 10.6 Å². The Kier molecular flexibility index (Phi) is 4.67. The van der Waals surface area contributed by atoms with Crippen LogP contribution in [0.15, 0.2) is 60.9 Å². The first-order valence-electron chi connectivity index (χ1n) is 8.43. The second kappa shape index (κ2) is 7.30. The minimum absolute atomic E-state index is 0.127. The van der Waals surface area contributed by atoms with Gasteiger partial charge in [0.15, 0.2) is 17.3 Å². The second-order valence-electron chi connectivity index (χ2n) is 6.01. The van der Waals surface area contributed by atoms with E-state index in [0.29, 0.717) is 17.0 Å². The Bertz CT molecular complexity index is 1150. The van der Waals surface area contributed by atoms with Gasteiger partial charge in [0.05, 0.1) is 5.56 Å². The van der Waals surface area contributed by atoms with E-state index in [-0.39, 0.29) is 18.2 Å². The predicted octanol–water partition coefficient (Wildman–Crippen LogP) is 3.85. The number of ether oxygens (including phenoxy) is 2. The summed E-state index contributed by atoms with van der Waals surface area (Å²) in [6.07, 6.45) is -1.68. The summed E-state index contributed by atoms with van der Waals surface area (Å²) in [5.41, 5.74) is 7.41. The van der Waals surface area contributed by atoms with Crippen LogP contribution < -0.4 is 15.2 Å². The van der Waals surface area contributed by atoms with Crippen LogP contribution >= 0.6 is 0 Å². The first kappa shape index (κ1) is 18.5. The zero-order chi connectivity index (χ0) is 20.4. The van der Waals surface area contributed by atoms with Crippen molar-refractivity contribution in [3.8, 4) is 22.9 Å². The third kappa shape index (κ3) is 4.05. The van der Waals surface area contributed by atoms with Gasteiger partial charge in [0.1, 0.15) is 18.1 Å². The molecule has 0 fully saturated rings. The molecule has 2 aromatic carbocycles. The third-order valence-electron chi connectivity index (χ3n) is 4.02. The highest BCUT2D eigenvalue weighted by Gasteiger charge is 2.31. The average molecular weight is 401 g/mol. The minimum Gasteiger partial charge on any atom is -0.488 e. The summed E-state index contributed by atoms with van der Waals surface area (Å²) >= 11 is 0. The molecule has 0 saturated carbocycles. The van der Waals surface area contributed by atoms with Crippen LogP contribution in [0, 0.1) is 0 Å². The lowest BCUT2D eigenvalue weighted by atomic mass is 10.1. The summed E-state index contributed by atoms with van der Waals surface area (Å²) in [5, 5.41) is 7.95. The molecule has 0 amide bonds. The van der Waals surface area contributed by atoms with E-state index < -0.39 is 12.1 Å². The molecule has 148 valence electrons. The topological polar surface area (TPSA) is 87.6 Å². The largest absolute Gasteiger partial charge is 0.573 e. The van der Waals surface area contributed by atoms with Crippen molar-refractivity contribution in [1.82, 2.24) is 19.6 Å². The van der Waals surface area contributed by atoms with Crippen molar-refractivity contribution in [2.45, 2.75) is 13.0 Å². The number of imidazole rings is 1. The summed E-state index contributed by atoms with van der Waals surface area (Å²) < 4.78 is 49.4. The van der Waals surface area contributed by atoms with Crippen LogP contribution in [0.1, 0.15) is 5.56 Å². The zero-order valence-corrected chi connectivity index (χ0v) is 14.8. The Morgan fingerprint density at radius 3 is 2.59 bits per heavy atom. The van der Waals surface area contributed by atoms with Gasteiger partial charge in [0.25, 0.3) is 0 Å². The highest BCUT2D eigenvalue weighted by atomic mass is 19.4. The van der Waals surface area contributed by atoms with Gasteiger partial charge < -0.3 is 15.2 Å². The monoisotopic (exact) mass is 401 g/mol. The first-order chi connectivity index (χ1) is 13.9. The minimum atomic E-state index is -4.82. The molecule has 4 aromatic rings. The summed E-state index contributed by atoms with van der Waals surface area (Å²) in [5.74, 6) is 0.176. The molecule has 2 N–H and O–H groups in total. The Morgan fingerprint density at radius 2 is 1.83 bits per heavy atom. The molecule has 2 aromatic heterocycles. The molecular weight excluding hydrogens is 387 g/mol. The van der Waals surface area contributed by atoms with Crippen LogP contribution in [0.3, 0.4) is 0 Å². The number of rotatable bonds is 5. The van der Waals surface area contributed by atoms with E-state index in [2.05, 4.69) is 19.9 Å². The molecule has 0 aliphatic heterocycles. The van der Waals surface area contributed by atoms with Crippen molar-refractivity contribution in [3.63, 3.8) is 0 Å². The van der Waals surface area contributed by atoms with Crippen molar-refractivity contribution in [2.24, 2.45) is 0 Å². The van der Waals surface area contributed by atoms with E-state index in [1.807, 2.05) is 30.3 Å². The number of nitrogen functional groups attached to an aromatic ring is 1. The number of benzene rings is 2. The van der Waals surface area contributed by atoms with Crippen LogP contribution in [0.25, 0.3) is 17.0 Å². The number of halogens is 3. The number of nitrogens with zero attached hydrogens (tertiary/aromatic N) is 4. The Balaban J connectivity index is 1.77. The SMILES string of the molecule is Nc1nnc(-c2ccc(OC(F)(F)F)cc2OCc2ccccc2)n2ccnc12. The van der Waals surface area contributed by atoms with Crippen LogP contribution in [0.5, 0.6) is 11.5 Å². The standard InChI is InChI=1S/C19H14F3N5O2/c20-19(21,22)29-13-6-7-14(15(10-13)28-11-12-4-2-1-3-5-12)17-26-25-16(23)18-24-8-9-27(17)18/h1-10H,11H2,(H2,23,25). The molecule has 0 saturated heterocycles. The molecular formula is C19H14F3N5O2.